The number of sulfonamides is 1. The molecule has 0 unspecified atom stereocenters. The predicted molar refractivity (Wildman–Crippen MR) is 145 cm³/mol. The Balaban J connectivity index is 1.75. The van der Waals surface area contributed by atoms with Crippen molar-refractivity contribution in [1.82, 2.24) is 14.1 Å². The summed E-state index contributed by atoms with van der Waals surface area (Å²) in [5.41, 5.74) is 3.51. The summed E-state index contributed by atoms with van der Waals surface area (Å²) in [5.74, 6) is 0. The van der Waals surface area contributed by atoms with E-state index in [9.17, 15) is 8.42 Å². The van der Waals surface area contributed by atoms with E-state index >= 15 is 0 Å². The van der Waals surface area contributed by atoms with Crippen molar-refractivity contribution in [3.63, 3.8) is 0 Å². The van der Waals surface area contributed by atoms with Crippen molar-refractivity contribution < 1.29 is 13.2 Å². The molecule has 8 nitrogen and oxygen atoms in total. The number of anilines is 1. The van der Waals surface area contributed by atoms with E-state index in [1.165, 1.54) is 4.31 Å². The maximum atomic E-state index is 13.3. The highest BCUT2D eigenvalue weighted by Gasteiger charge is 2.27. The molecular formula is C25H29Cl2N5O3S. The van der Waals surface area contributed by atoms with Crippen molar-refractivity contribution in [2.24, 2.45) is 4.99 Å². The lowest BCUT2D eigenvalue weighted by Crippen LogP contribution is -2.40. The number of hydrogen-bond acceptors (Lipinski definition) is 6. The van der Waals surface area contributed by atoms with Gasteiger partial charge < -0.3 is 9.64 Å². The van der Waals surface area contributed by atoms with Crippen LogP contribution in [0.15, 0.2) is 52.4 Å². The summed E-state index contributed by atoms with van der Waals surface area (Å²) in [6, 6.07) is 12.3. The Kier molecular flexibility index (Phi) is 8.37. The number of hydrogen-bond donors (Lipinski definition) is 0. The summed E-state index contributed by atoms with van der Waals surface area (Å²) in [6.45, 7) is 8.89. The molecule has 0 bridgehead atoms. The number of aromatic nitrogens is 2. The van der Waals surface area contributed by atoms with Gasteiger partial charge in [-0.3, -0.25) is 4.99 Å². The third-order valence-corrected chi connectivity index (χ3v) is 8.62. The number of morpholine rings is 1. The molecule has 0 saturated carbocycles. The van der Waals surface area contributed by atoms with E-state index < -0.39 is 10.0 Å². The molecule has 36 heavy (non-hydrogen) atoms. The van der Waals surface area contributed by atoms with Gasteiger partial charge in [-0.1, -0.05) is 23.2 Å². The van der Waals surface area contributed by atoms with Gasteiger partial charge in [0.15, 0.2) is 0 Å². The molecule has 2 heterocycles. The molecule has 1 saturated heterocycles. The minimum absolute atomic E-state index is 0.201. The minimum Gasteiger partial charge on any atom is -0.379 e. The highest BCUT2D eigenvalue weighted by Crippen LogP contribution is 2.33. The number of aliphatic imine (C=N–C) groups is 1. The highest BCUT2D eigenvalue weighted by atomic mass is 35.5. The van der Waals surface area contributed by atoms with Crippen molar-refractivity contribution in [1.29, 1.82) is 0 Å². The van der Waals surface area contributed by atoms with E-state index in [0.29, 0.717) is 53.4 Å². The SMILES string of the molecule is CCN(CC)c1ccc(S(=O)(=O)N2CCOCC2)cc1N=Cc1c(C)nn(-c2ccc(Cl)cc2)c1Cl. The first-order chi connectivity index (χ1) is 17.3. The van der Waals surface area contributed by atoms with E-state index in [1.54, 1.807) is 35.2 Å². The summed E-state index contributed by atoms with van der Waals surface area (Å²) in [5, 5.41) is 5.58. The second-order valence-corrected chi connectivity index (χ2v) is 11.0. The van der Waals surface area contributed by atoms with Crippen molar-refractivity contribution in [2.45, 2.75) is 25.7 Å². The van der Waals surface area contributed by atoms with Crippen LogP contribution in [0, 0.1) is 6.92 Å². The lowest BCUT2D eigenvalue weighted by molar-refractivity contribution is 0.0730. The average Bonchev–Trinajstić information content (AvgIpc) is 3.17. The van der Waals surface area contributed by atoms with Crippen molar-refractivity contribution in [2.75, 3.05) is 44.3 Å². The molecule has 3 aromatic rings. The number of rotatable bonds is 8. The van der Waals surface area contributed by atoms with Crippen LogP contribution in [0.25, 0.3) is 5.69 Å². The quantitative estimate of drug-likeness (QED) is 0.365. The third-order valence-electron chi connectivity index (χ3n) is 6.11. The topological polar surface area (TPSA) is 80.0 Å². The Hall–Kier alpha value is -2.43. The first kappa shape index (κ1) is 26.6. The molecule has 0 radical (unpaired) electrons. The highest BCUT2D eigenvalue weighted by molar-refractivity contribution is 7.89. The Morgan fingerprint density at radius 2 is 1.75 bits per heavy atom. The fourth-order valence-electron chi connectivity index (χ4n) is 4.08. The normalized spacial score (nSPS) is 15.0. The molecule has 2 aromatic carbocycles. The zero-order valence-electron chi connectivity index (χ0n) is 20.5. The maximum Gasteiger partial charge on any atom is 0.243 e. The zero-order valence-corrected chi connectivity index (χ0v) is 22.8. The van der Waals surface area contributed by atoms with Crippen molar-refractivity contribution in [3.8, 4) is 5.69 Å². The molecule has 0 spiro atoms. The second kappa shape index (κ2) is 11.3. The number of aryl methyl sites for hydroxylation is 1. The van der Waals surface area contributed by atoms with Crippen LogP contribution >= 0.6 is 23.2 Å². The maximum absolute atomic E-state index is 13.3. The van der Waals surface area contributed by atoms with Gasteiger partial charge in [0.2, 0.25) is 10.0 Å². The van der Waals surface area contributed by atoms with Gasteiger partial charge in [0.1, 0.15) is 5.15 Å². The largest absolute Gasteiger partial charge is 0.379 e. The molecule has 1 aliphatic heterocycles. The molecule has 4 rings (SSSR count). The van der Waals surface area contributed by atoms with Crippen LogP contribution in [0.5, 0.6) is 0 Å². The van der Waals surface area contributed by atoms with E-state index in [2.05, 4.69) is 10.00 Å². The summed E-state index contributed by atoms with van der Waals surface area (Å²) >= 11 is 12.7. The van der Waals surface area contributed by atoms with Crippen molar-refractivity contribution in [3.05, 3.63) is 63.9 Å². The van der Waals surface area contributed by atoms with Gasteiger partial charge in [0, 0.05) is 37.4 Å². The Morgan fingerprint density at radius 3 is 2.39 bits per heavy atom. The summed E-state index contributed by atoms with van der Waals surface area (Å²) in [6.07, 6.45) is 1.64. The average molecular weight is 551 g/mol. The van der Waals surface area contributed by atoms with E-state index in [0.717, 1.165) is 24.5 Å². The first-order valence-electron chi connectivity index (χ1n) is 11.8. The number of benzene rings is 2. The summed E-state index contributed by atoms with van der Waals surface area (Å²) < 4.78 is 35.0. The van der Waals surface area contributed by atoms with Gasteiger partial charge in [0.25, 0.3) is 0 Å². The Labute approximate surface area is 222 Å². The fourth-order valence-corrected chi connectivity index (χ4v) is 5.96. The first-order valence-corrected chi connectivity index (χ1v) is 14.0. The van der Waals surface area contributed by atoms with Gasteiger partial charge in [-0.25, -0.2) is 13.1 Å². The smallest absolute Gasteiger partial charge is 0.243 e. The molecule has 192 valence electrons. The monoisotopic (exact) mass is 549 g/mol. The molecule has 1 fully saturated rings. The number of nitrogens with zero attached hydrogens (tertiary/aromatic N) is 5. The van der Waals surface area contributed by atoms with Crippen molar-refractivity contribution >= 4 is 50.8 Å². The van der Waals surface area contributed by atoms with Gasteiger partial charge in [-0.15, -0.1) is 0 Å². The second-order valence-electron chi connectivity index (χ2n) is 8.28. The van der Waals surface area contributed by atoms with Gasteiger partial charge in [-0.05, 0) is 63.2 Å². The van der Waals surface area contributed by atoms with Crippen LogP contribution in [0.1, 0.15) is 25.1 Å². The van der Waals surface area contributed by atoms with Crippen LogP contribution in [0.3, 0.4) is 0 Å². The molecule has 1 aromatic heterocycles. The molecule has 0 N–H and O–H groups in total. The van der Waals surface area contributed by atoms with Crippen LogP contribution in [0.4, 0.5) is 11.4 Å². The zero-order chi connectivity index (χ0) is 25.9. The van der Waals surface area contributed by atoms with Crippen LogP contribution in [-0.4, -0.2) is 68.1 Å². The van der Waals surface area contributed by atoms with Gasteiger partial charge >= 0.3 is 0 Å². The van der Waals surface area contributed by atoms with E-state index in [1.807, 2.05) is 39.0 Å². The fraction of sp³-hybridized carbons (Fsp3) is 0.360. The third kappa shape index (κ3) is 5.45. The molecule has 1 aliphatic rings. The standard InChI is InChI=1S/C25H29Cl2N5O3S/c1-4-30(5-2)24-11-10-21(36(33,34)31-12-14-35-15-13-31)16-23(24)28-17-22-18(3)29-32(25(22)27)20-8-6-19(26)7-9-20/h6-11,16-17H,4-5,12-15H2,1-3H3. The number of halogens is 2. The lowest BCUT2D eigenvalue weighted by Gasteiger charge is -2.27. The molecule has 0 amide bonds. The lowest BCUT2D eigenvalue weighted by atomic mass is 10.2. The molecular weight excluding hydrogens is 521 g/mol. The molecule has 0 atom stereocenters. The van der Waals surface area contributed by atoms with E-state index in [-0.39, 0.29) is 4.90 Å². The van der Waals surface area contributed by atoms with E-state index in [4.69, 9.17) is 32.9 Å². The van der Waals surface area contributed by atoms with Crippen LogP contribution < -0.4 is 4.90 Å². The van der Waals surface area contributed by atoms with Gasteiger partial charge in [0.05, 0.1) is 46.4 Å². The Bertz CT molecular complexity index is 1350. The predicted octanol–water partition coefficient (Wildman–Crippen LogP) is 5.11. The summed E-state index contributed by atoms with van der Waals surface area (Å²) in [7, 11) is -3.67. The molecule has 0 aliphatic carbocycles. The molecule has 11 heteroatoms. The summed E-state index contributed by atoms with van der Waals surface area (Å²) in [4.78, 5) is 7.05. The van der Waals surface area contributed by atoms with Gasteiger partial charge in [-0.2, -0.15) is 9.40 Å². The number of ether oxygens (including phenoxy) is 1. The minimum atomic E-state index is -3.67. The van der Waals surface area contributed by atoms with Crippen LogP contribution in [0.2, 0.25) is 10.2 Å². The van der Waals surface area contributed by atoms with Crippen LogP contribution in [-0.2, 0) is 14.8 Å². The Morgan fingerprint density at radius 1 is 1.08 bits per heavy atom.